The molecule has 3 nitrogen and oxygen atoms in total. The first-order chi connectivity index (χ1) is 6.09. The van der Waals surface area contributed by atoms with Crippen molar-refractivity contribution in [3.05, 3.63) is 12.7 Å². The summed E-state index contributed by atoms with van der Waals surface area (Å²) in [6.07, 6.45) is 3.06. The van der Waals surface area contributed by atoms with Gasteiger partial charge in [0.15, 0.2) is 0 Å². The summed E-state index contributed by atoms with van der Waals surface area (Å²) in [5.41, 5.74) is 0.0658. The second-order valence-corrected chi connectivity index (χ2v) is 4.19. The second kappa shape index (κ2) is 2.58. The van der Waals surface area contributed by atoms with E-state index in [4.69, 9.17) is 0 Å². The maximum Gasteiger partial charge on any atom is 0.219 e. The van der Waals surface area contributed by atoms with E-state index >= 15 is 0 Å². The molecule has 72 valence electrons. The highest BCUT2D eigenvalue weighted by molar-refractivity contribution is 5.74. The summed E-state index contributed by atoms with van der Waals surface area (Å²) in [4.78, 5) is 15.6. The van der Waals surface area contributed by atoms with Crippen LogP contribution in [0.5, 0.6) is 0 Å². The van der Waals surface area contributed by atoms with Crippen molar-refractivity contribution in [1.29, 1.82) is 0 Å². The highest BCUT2D eigenvalue weighted by Crippen LogP contribution is 2.39. The van der Waals surface area contributed by atoms with Gasteiger partial charge >= 0.3 is 0 Å². The normalized spacial score (nSPS) is 38.3. The number of carbonyl (C=O) groups excluding carboxylic acids is 1. The molecule has 3 heteroatoms. The molecule has 0 aliphatic carbocycles. The van der Waals surface area contributed by atoms with Crippen LogP contribution in [-0.4, -0.2) is 47.4 Å². The summed E-state index contributed by atoms with van der Waals surface area (Å²) in [6.45, 7) is 7.35. The van der Waals surface area contributed by atoms with Gasteiger partial charge < -0.3 is 4.90 Å². The lowest BCUT2D eigenvalue weighted by atomic mass is 10.00. The van der Waals surface area contributed by atoms with E-state index < -0.39 is 0 Å². The van der Waals surface area contributed by atoms with Gasteiger partial charge in [-0.2, -0.15) is 0 Å². The Bertz CT molecular complexity index is 264. The second-order valence-electron chi connectivity index (χ2n) is 4.19. The number of likely N-dealkylation sites (tertiary alicyclic amines) is 2. The van der Waals surface area contributed by atoms with Gasteiger partial charge in [0.05, 0.1) is 5.54 Å². The van der Waals surface area contributed by atoms with Gasteiger partial charge in [-0.3, -0.25) is 9.69 Å². The number of fused-ring (bicyclic) bond motifs is 2. The minimum Gasteiger partial charge on any atom is -0.336 e. The maximum atomic E-state index is 11.3. The molecule has 2 rings (SSSR count). The SMILES string of the molecule is C=CC12C[C@@H](CN1C)N(C(C)=O)C2. The summed E-state index contributed by atoms with van der Waals surface area (Å²) in [5.74, 6) is 0.196. The van der Waals surface area contributed by atoms with E-state index in [9.17, 15) is 4.79 Å². The molecular formula is C10H16N2O. The Kier molecular flexibility index (Phi) is 1.74. The lowest BCUT2D eigenvalue weighted by Crippen LogP contribution is -2.52. The van der Waals surface area contributed by atoms with E-state index in [1.165, 1.54) is 0 Å². The van der Waals surface area contributed by atoms with Gasteiger partial charge in [0.25, 0.3) is 0 Å². The molecular weight excluding hydrogens is 164 g/mol. The van der Waals surface area contributed by atoms with E-state index in [1.807, 2.05) is 11.0 Å². The molecule has 0 aromatic rings. The number of rotatable bonds is 1. The Balaban J connectivity index is 2.24. The van der Waals surface area contributed by atoms with Crippen LogP contribution in [0.15, 0.2) is 12.7 Å². The van der Waals surface area contributed by atoms with Crippen molar-refractivity contribution in [1.82, 2.24) is 9.80 Å². The number of nitrogens with zero attached hydrogens (tertiary/aromatic N) is 2. The molecule has 0 spiro atoms. The Morgan fingerprint density at radius 1 is 1.69 bits per heavy atom. The van der Waals surface area contributed by atoms with Crippen LogP contribution >= 0.6 is 0 Å². The van der Waals surface area contributed by atoms with Crippen LogP contribution in [0.25, 0.3) is 0 Å². The van der Waals surface area contributed by atoms with Crippen LogP contribution < -0.4 is 0 Å². The molecule has 1 unspecified atom stereocenters. The molecule has 0 saturated carbocycles. The first-order valence-electron chi connectivity index (χ1n) is 4.71. The molecule has 0 aromatic heterocycles. The minimum absolute atomic E-state index is 0.0658. The lowest BCUT2D eigenvalue weighted by Gasteiger charge is -2.37. The van der Waals surface area contributed by atoms with Gasteiger partial charge in [-0.05, 0) is 13.5 Å². The van der Waals surface area contributed by atoms with Crippen molar-refractivity contribution < 1.29 is 4.79 Å². The number of amides is 1. The van der Waals surface area contributed by atoms with Gasteiger partial charge in [-0.15, -0.1) is 6.58 Å². The smallest absolute Gasteiger partial charge is 0.219 e. The van der Waals surface area contributed by atoms with Crippen LogP contribution in [0.1, 0.15) is 13.3 Å². The fourth-order valence-corrected chi connectivity index (χ4v) is 2.62. The molecule has 0 aromatic carbocycles. The Morgan fingerprint density at radius 2 is 2.38 bits per heavy atom. The highest BCUT2D eigenvalue weighted by Gasteiger charge is 2.51. The first-order valence-corrected chi connectivity index (χ1v) is 4.71. The molecule has 2 bridgehead atoms. The van der Waals surface area contributed by atoms with Gasteiger partial charge in [0.1, 0.15) is 0 Å². The average Bonchev–Trinajstić information content (AvgIpc) is 2.58. The molecule has 0 N–H and O–H groups in total. The molecule has 2 atom stereocenters. The molecule has 1 amide bonds. The van der Waals surface area contributed by atoms with Crippen molar-refractivity contribution in [2.24, 2.45) is 0 Å². The average molecular weight is 180 g/mol. The Morgan fingerprint density at radius 3 is 2.85 bits per heavy atom. The van der Waals surface area contributed by atoms with Gasteiger partial charge in [-0.25, -0.2) is 0 Å². The Labute approximate surface area is 79.0 Å². The third-order valence-corrected chi connectivity index (χ3v) is 3.50. The number of likely N-dealkylation sites (N-methyl/N-ethyl adjacent to an activating group) is 1. The zero-order chi connectivity index (χ0) is 9.64. The van der Waals surface area contributed by atoms with Crippen LogP contribution in [0.4, 0.5) is 0 Å². The van der Waals surface area contributed by atoms with Crippen molar-refractivity contribution >= 4 is 5.91 Å². The monoisotopic (exact) mass is 180 g/mol. The first kappa shape index (κ1) is 8.75. The molecule has 2 saturated heterocycles. The zero-order valence-electron chi connectivity index (χ0n) is 8.29. The number of hydrogen-bond donors (Lipinski definition) is 0. The topological polar surface area (TPSA) is 23.6 Å². The quantitative estimate of drug-likeness (QED) is 0.548. The number of carbonyl (C=O) groups is 1. The molecule has 2 fully saturated rings. The van der Waals surface area contributed by atoms with Gasteiger partial charge in [0.2, 0.25) is 5.91 Å². The maximum absolute atomic E-state index is 11.3. The molecule has 13 heavy (non-hydrogen) atoms. The van der Waals surface area contributed by atoms with Crippen molar-refractivity contribution in [2.75, 3.05) is 20.1 Å². The standard InChI is InChI=1S/C10H16N2O/c1-4-10-5-9(6-11(10)3)12(7-10)8(2)13/h4,9H,1,5-7H2,2-3H3/t9-,10?/m0/s1. The van der Waals surface area contributed by atoms with Gasteiger partial charge in [-0.1, -0.05) is 6.08 Å². The zero-order valence-corrected chi connectivity index (χ0v) is 8.29. The summed E-state index contributed by atoms with van der Waals surface area (Å²) in [7, 11) is 2.11. The van der Waals surface area contributed by atoms with E-state index in [-0.39, 0.29) is 11.4 Å². The molecule has 0 radical (unpaired) electrons. The third kappa shape index (κ3) is 1.03. The fraction of sp³-hybridized carbons (Fsp3) is 0.700. The predicted molar refractivity (Wildman–Crippen MR) is 51.4 cm³/mol. The summed E-state index contributed by atoms with van der Waals surface area (Å²) >= 11 is 0. The highest BCUT2D eigenvalue weighted by atomic mass is 16.2. The van der Waals surface area contributed by atoms with Crippen LogP contribution in [0.3, 0.4) is 0 Å². The fourth-order valence-electron chi connectivity index (χ4n) is 2.62. The van der Waals surface area contributed by atoms with Crippen LogP contribution in [0, 0.1) is 0 Å². The molecule has 2 aliphatic rings. The number of hydrogen-bond acceptors (Lipinski definition) is 2. The van der Waals surface area contributed by atoms with Crippen LogP contribution in [-0.2, 0) is 4.79 Å². The Hall–Kier alpha value is -0.830. The summed E-state index contributed by atoms with van der Waals surface area (Å²) in [6, 6.07) is 0.417. The summed E-state index contributed by atoms with van der Waals surface area (Å²) < 4.78 is 0. The predicted octanol–water partition coefficient (Wildman–Crippen LogP) is 0.477. The van der Waals surface area contributed by atoms with Gasteiger partial charge in [0, 0.05) is 26.1 Å². The minimum atomic E-state index is 0.0658. The largest absolute Gasteiger partial charge is 0.336 e. The van der Waals surface area contributed by atoms with E-state index in [1.54, 1.807) is 6.92 Å². The lowest BCUT2D eigenvalue weighted by molar-refractivity contribution is -0.131. The number of piperazine rings is 1. The summed E-state index contributed by atoms with van der Waals surface area (Å²) in [5, 5.41) is 0. The molecule has 2 heterocycles. The van der Waals surface area contributed by atoms with E-state index in [0.717, 1.165) is 19.5 Å². The van der Waals surface area contributed by atoms with Crippen molar-refractivity contribution in [2.45, 2.75) is 24.9 Å². The van der Waals surface area contributed by atoms with E-state index in [0.29, 0.717) is 6.04 Å². The van der Waals surface area contributed by atoms with Crippen molar-refractivity contribution in [3.63, 3.8) is 0 Å². The van der Waals surface area contributed by atoms with Crippen LogP contribution in [0.2, 0.25) is 0 Å². The van der Waals surface area contributed by atoms with E-state index in [2.05, 4.69) is 18.5 Å². The van der Waals surface area contributed by atoms with Crippen molar-refractivity contribution in [3.8, 4) is 0 Å². The molecule has 2 aliphatic heterocycles. The third-order valence-electron chi connectivity index (χ3n) is 3.50.